The summed E-state index contributed by atoms with van der Waals surface area (Å²) < 4.78 is 0. The van der Waals surface area contributed by atoms with Crippen molar-refractivity contribution in [1.29, 1.82) is 0 Å². The van der Waals surface area contributed by atoms with Crippen LogP contribution in [0.4, 0.5) is 0 Å². The van der Waals surface area contributed by atoms with Gasteiger partial charge in [-0.2, -0.15) is 0 Å². The van der Waals surface area contributed by atoms with Gasteiger partial charge in [0.15, 0.2) is 0 Å². The first-order chi connectivity index (χ1) is 15.0. The van der Waals surface area contributed by atoms with E-state index >= 15 is 0 Å². The average Bonchev–Trinajstić information content (AvgIpc) is 2.77. The first-order valence-corrected chi connectivity index (χ1v) is 9.65. The fourth-order valence-corrected chi connectivity index (χ4v) is 4.08. The van der Waals surface area contributed by atoms with Gasteiger partial charge in [0.25, 0.3) is 11.5 Å². The molecule has 150 valence electrons. The van der Waals surface area contributed by atoms with Gasteiger partial charge >= 0.3 is 0 Å². The Morgan fingerprint density at radius 3 is 2.32 bits per heavy atom. The van der Waals surface area contributed by atoms with Crippen LogP contribution in [0.5, 0.6) is 5.75 Å². The molecule has 0 aliphatic carbocycles. The Balaban J connectivity index is 2.03. The van der Waals surface area contributed by atoms with Crippen molar-refractivity contribution in [2.45, 2.75) is 6.92 Å². The number of nitrogens with zero attached hydrogens (tertiary/aromatic N) is 2. The van der Waals surface area contributed by atoms with Gasteiger partial charge in [-0.05, 0) is 36.6 Å². The zero-order valence-corrected chi connectivity index (χ0v) is 16.5. The number of phenols is 1. The molecular weight excluding hydrogens is 392 g/mol. The first kappa shape index (κ1) is 18.7. The van der Waals surface area contributed by atoms with Crippen LogP contribution in [0, 0.1) is 0 Å². The lowest BCUT2D eigenvalue weighted by Gasteiger charge is -2.12. The van der Waals surface area contributed by atoms with E-state index in [2.05, 4.69) is 9.98 Å². The summed E-state index contributed by atoms with van der Waals surface area (Å²) >= 11 is 0. The maximum absolute atomic E-state index is 12.7. The summed E-state index contributed by atoms with van der Waals surface area (Å²) in [5, 5.41) is 24.1. The van der Waals surface area contributed by atoms with Crippen molar-refractivity contribution < 1.29 is 15.0 Å². The minimum Gasteiger partial charge on any atom is -0.512 e. The topological polar surface area (TPSA) is 99.8 Å². The number of fused-ring (bicyclic) bond motifs is 2. The van der Waals surface area contributed by atoms with Crippen LogP contribution in [0.15, 0.2) is 76.5 Å². The Morgan fingerprint density at radius 2 is 1.58 bits per heavy atom. The second kappa shape index (κ2) is 6.88. The van der Waals surface area contributed by atoms with Crippen molar-refractivity contribution in [2.24, 2.45) is 4.99 Å². The third-order valence-corrected chi connectivity index (χ3v) is 5.39. The van der Waals surface area contributed by atoms with Crippen LogP contribution in [0.3, 0.4) is 0 Å². The number of amides is 1. The molecule has 1 aromatic heterocycles. The van der Waals surface area contributed by atoms with E-state index in [1.807, 2.05) is 6.07 Å². The van der Waals surface area contributed by atoms with Gasteiger partial charge in [-0.1, -0.05) is 42.5 Å². The highest BCUT2D eigenvalue weighted by Gasteiger charge is 2.18. The molecule has 4 aromatic carbocycles. The molecule has 0 saturated carbocycles. The number of aliphatic hydroxyl groups excluding tert-OH is 1. The van der Waals surface area contributed by atoms with Crippen LogP contribution in [-0.4, -0.2) is 21.1 Å². The van der Waals surface area contributed by atoms with E-state index in [0.717, 1.165) is 0 Å². The van der Waals surface area contributed by atoms with Crippen molar-refractivity contribution in [1.82, 2.24) is 4.98 Å². The molecule has 0 atom stereocenters. The molecule has 0 bridgehead atoms. The van der Waals surface area contributed by atoms with Crippen LogP contribution in [0.2, 0.25) is 0 Å². The quantitative estimate of drug-likeness (QED) is 0.328. The predicted octanol–water partition coefficient (Wildman–Crippen LogP) is 3.19. The molecule has 5 rings (SSSR count). The molecule has 0 unspecified atom stereocenters. The van der Waals surface area contributed by atoms with Gasteiger partial charge < -0.3 is 10.2 Å². The van der Waals surface area contributed by atoms with Gasteiger partial charge in [0.05, 0.1) is 21.5 Å². The van der Waals surface area contributed by atoms with Crippen LogP contribution < -0.4 is 16.1 Å². The number of aliphatic hydroxyl groups is 1. The van der Waals surface area contributed by atoms with Gasteiger partial charge in [-0.3, -0.25) is 9.59 Å². The number of aromatic nitrogens is 1. The highest BCUT2D eigenvalue weighted by molar-refractivity contribution is 6.23. The van der Waals surface area contributed by atoms with Crippen LogP contribution >= 0.6 is 0 Å². The zero-order chi connectivity index (χ0) is 21.7. The molecule has 0 radical (unpaired) electrons. The minimum absolute atomic E-state index is 0.0599. The van der Waals surface area contributed by atoms with Crippen molar-refractivity contribution in [3.05, 3.63) is 93.2 Å². The molecule has 0 aliphatic heterocycles. The highest BCUT2D eigenvalue weighted by Crippen LogP contribution is 2.37. The standard InChI is InChI=1S/C25H16N2O4/c1-13(28)19-22-15-9-5-12-18(26-24(30)14-7-3-2-4-8-14)21(15)23(29)16-10-6-11-17(20(16)22)27-25(19)31/h2-12,28-29H,1H3/b19-13+,26-18?. The number of phenolic OH excluding ortho intramolecular Hbond substituents is 1. The lowest BCUT2D eigenvalue weighted by molar-refractivity contribution is 0.0998. The molecule has 0 fully saturated rings. The molecular formula is C25H16N2O4. The summed E-state index contributed by atoms with van der Waals surface area (Å²) in [6.07, 6.45) is 0. The van der Waals surface area contributed by atoms with Gasteiger partial charge in [-0.25, -0.2) is 9.98 Å². The normalized spacial score (nSPS) is 13.3. The molecule has 0 spiro atoms. The summed E-state index contributed by atoms with van der Waals surface area (Å²) in [5.74, 6) is -0.676. The Morgan fingerprint density at radius 1 is 0.871 bits per heavy atom. The molecule has 31 heavy (non-hydrogen) atoms. The van der Waals surface area contributed by atoms with E-state index in [1.165, 1.54) is 6.92 Å². The number of rotatable bonds is 1. The van der Waals surface area contributed by atoms with E-state index in [4.69, 9.17) is 0 Å². The molecule has 1 heterocycles. The van der Waals surface area contributed by atoms with Crippen molar-refractivity contribution in [2.75, 3.05) is 0 Å². The number of carbonyl (C=O) groups is 1. The number of pyridine rings is 1. The SMILES string of the molecule is C/C(O)=c1\c(=O)nc2cccc3c(O)c4c(=NC(=O)c5ccccc5)cccc4c1c23. The van der Waals surface area contributed by atoms with Crippen molar-refractivity contribution in [3.8, 4) is 5.75 Å². The van der Waals surface area contributed by atoms with Crippen molar-refractivity contribution in [3.63, 3.8) is 0 Å². The average molecular weight is 408 g/mol. The minimum atomic E-state index is -0.560. The Hall–Kier alpha value is -4.32. The summed E-state index contributed by atoms with van der Waals surface area (Å²) in [5.41, 5.74) is 0.279. The third kappa shape index (κ3) is 2.80. The fraction of sp³-hybridized carbons (Fsp3) is 0.0400. The third-order valence-electron chi connectivity index (χ3n) is 5.39. The lowest BCUT2D eigenvalue weighted by atomic mass is 9.94. The number of aromatic hydroxyl groups is 1. The monoisotopic (exact) mass is 408 g/mol. The second-order valence-corrected chi connectivity index (χ2v) is 7.28. The van der Waals surface area contributed by atoms with Gasteiger partial charge in [0.1, 0.15) is 11.5 Å². The lowest BCUT2D eigenvalue weighted by Crippen LogP contribution is -2.30. The maximum Gasteiger partial charge on any atom is 0.281 e. The Bertz CT molecular complexity index is 1690. The summed E-state index contributed by atoms with van der Waals surface area (Å²) in [7, 11) is 0. The van der Waals surface area contributed by atoms with Gasteiger partial charge in [-0.15, -0.1) is 0 Å². The van der Waals surface area contributed by atoms with E-state index < -0.39 is 11.5 Å². The molecule has 5 aromatic rings. The van der Waals surface area contributed by atoms with E-state index in [9.17, 15) is 19.8 Å². The predicted molar refractivity (Wildman–Crippen MR) is 119 cm³/mol. The van der Waals surface area contributed by atoms with Crippen LogP contribution in [-0.2, 0) is 0 Å². The second-order valence-electron chi connectivity index (χ2n) is 7.28. The van der Waals surface area contributed by atoms with E-state index in [1.54, 1.807) is 60.7 Å². The molecule has 0 aliphatic rings. The highest BCUT2D eigenvalue weighted by atomic mass is 16.3. The number of carbonyl (C=O) groups excluding carboxylic acids is 1. The summed E-state index contributed by atoms with van der Waals surface area (Å²) in [6.45, 7) is 1.42. The maximum atomic E-state index is 12.7. The smallest absolute Gasteiger partial charge is 0.281 e. The molecule has 0 saturated heterocycles. The summed E-state index contributed by atoms with van der Waals surface area (Å²) in [4.78, 5) is 33.7. The Kier molecular flexibility index (Phi) is 4.15. The van der Waals surface area contributed by atoms with E-state index in [0.29, 0.717) is 38.0 Å². The zero-order valence-electron chi connectivity index (χ0n) is 16.5. The summed E-state index contributed by atoms with van der Waals surface area (Å²) in [6, 6.07) is 18.8. The van der Waals surface area contributed by atoms with E-state index in [-0.39, 0.29) is 22.1 Å². The fourth-order valence-electron chi connectivity index (χ4n) is 4.08. The largest absolute Gasteiger partial charge is 0.512 e. The first-order valence-electron chi connectivity index (χ1n) is 9.65. The number of hydrogen-bond donors (Lipinski definition) is 2. The van der Waals surface area contributed by atoms with Crippen molar-refractivity contribution >= 4 is 44.1 Å². The molecule has 6 nitrogen and oxygen atoms in total. The molecule has 2 N–H and O–H groups in total. The van der Waals surface area contributed by atoms with Crippen LogP contribution in [0.1, 0.15) is 17.3 Å². The Labute approximate surface area is 175 Å². The van der Waals surface area contributed by atoms with Crippen LogP contribution in [0.25, 0.3) is 38.2 Å². The molecule has 6 heteroatoms. The van der Waals surface area contributed by atoms with Gasteiger partial charge in [0, 0.05) is 21.7 Å². The number of hydrogen-bond acceptors (Lipinski definition) is 5. The number of benzene rings is 4. The van der Waals surface area contributed by atoms with Gasteiger partial charge in [0.2, 0.25) is 0 Å². The molecule has 1 amide bonds.